The van der Waals surface area contributed by atoms with Crippen molar-refractivity contribution in [1.82, 2.24) is 15.1 Å². The van der Waals surface area contributed by atoms with Gasteiger partial charge < -0.3 is 19.9 Å². The lowest BCUT2D eigenvalue weighted by Gasteiger charge is -2.32. The van der Waals surface area contributed by atoms with Crippen LogP contribution in [0.3, 0.4) is 0 Å². The molecule has 0 radical (unpaired) electrons. The predicted molar refractivity (Wildman–Crippen MR) is 79.7 cm³/mol. The van der Waals surface area contributed by atoms with Crippen LogP contribution in [-0.2, 0) is 9.53 Å². The van der Waals surface area contributed by atoms with Crippen LogP contribution in [0.1, 0.15) is 27.2 Å². The predicted octanol–water partition coefficient (Wildman–Crippen LogP) is 0.554. The number of carbonyl (C=O) groups is 1. The maximum atomic E-state index is 12.6. The summed E-state index contributed by atoms with van der Waals surface area (Å²) in [6.07, 6.45) is 1.11. The molecule has 2 fully saturated rings. The summed E-state index contributed by atoms with van der Waals surface area (Å²) in [6.45, 7) is 13.0. The first-order valence-electron chi connectivity index (χ1n) is 8.01. The zero-order valence-corrected chi connectivity index (χ0v) is 13.1. The molecule has 116 valence electrons. The van der Waals surface area contributed by atoms with Crippen molar-refractivity contribution in [1.29, 1.82) is 0 Å². The standard InChI is InChI=1S/C15H29N3O2/c1-4-17(5-2)10-13-6-8-18(11-13)15(19)14-12(3)20-9-7-16-14/h12-14,16H,4-11H2,1-3H3/t12-,13?,14+/m1/s1. The molecular weight excluding hydrogens is 254 g/mol. The first kappa shape index (κ1) is 15.7. The van der Waals surface area contributed by atoms with Crippen LogP contribution >= 0.6 is 0 Å². The monoisotopic (exact) mass is 283 g/mol. The molecule has 0 aliphatic carbocycles. The smallest absolute Gasteiger partial charge is 0.242 e. The van der Waals surface area contributed by atoms with Crippen LogP contribution in [0.25, 0.3) is 0 Å². The Bertz CT molecular complexity index is 320. The van der Waals surface area contributed by atoms with Crippen molar-refractivity contribution >= 4 is 5.91 Å². The molecule has 2 aliphatic heterocycles. The average molecular weight is 283 g/mol. The van der Waals surface area contributed by atoms with Gasteiger partial charge in [0.05, 0.1) is 12.7 Å². The molecule has 1 unspecified atom stereocenters. The quantitative estimate of drug-likeness (QED) is 0.800. The van der Waals surface area contributed by atoms with Gasteiger partial charge in [0.25, 0.3) is 0 Å². The van der Waals surface area contributed by atoms with E-state index in [4.69, 9.17) is 4.74 Å². The molecule has 0 aromatic carbocycles. The Morgan fingerprint density at radius 2 is 2.15 bits per heavy atom. The van der Waals surface area contributed by atoms with Gasteiger partial charge in [0.15, 0.2) is 0 Å². The summed E-state index contributed by atoms with van der Waals surface area (Å²) in [4.78, 5) is 17.0. The van der Waals surface area contributed by atoms with Crippen LogP contribution in [-0.4, -0.2) is 73.7 Å². The number of nitrogens with one attached hydrogen (secondary N) is 1. The summed E-state index contributed by atoms with van der Waals surface area (Å²) in [5, 5.41) is 3.30. The van der Waals surface area contributed by atoms with Crippen LogP contribution in [0.4, 0.5) is 0 Å². The third-order valence-corrected chi connectivity index (χ3v) is 4.59. The second-order valence-electron chi connectivity index (χ2n) is 5.93. The number of amides is 1. The Labute approximate surface area is 122 Å². The summed E-state index contributed by atoms with van der Waals surface area (Å²) >= 11 is 0. The highest BCUT2D eigenvalue weighted by atomic mass is 16.5. The molecule has 3 atom stereocenters. The van der Waals surface area contributed by atoms with Crippen molar-refractivity contribution in [2.45, 2.75) is 39.3 Å². The number of morpholine rings is 1. The van der Waals surface area contributed by atoms with Crippen LogP contribution in [0, 0.1) is 5.92 Å². The van der Waals surface area contributed by atoms with Gasteiger partial charge in [0.1, 0.15) is 6.04 Å². The second kappa shape index (κ2) is 7.38. The maximum absolute atomic E-state index is 12.6. The van der Waals surface area contributed by atoms with E-state index < -0.39 is 0 Å². The zero-order valence-electron chi connectivity index (χ0n) is 13.1. The van der Waals surface area contributed by atoms with Gasteiger partial charge in [-0.15, -0.1) is 0 Å². The molecule has 20 heavy (non-hydrogen) atoms. The van der Waals surface area contributed by atoms with Gasteiger partial charge in [0, 0.05) is 26.2 Å². The highest BCUT2D eigenvalue weighted by molar-refractivity contribution is 5.83. The average Bonchev–Trinajstić information content (AvgIpc) is 2.93. The number of carbonyl (C=O) groups excluding carboxylic acids is 1. The molecule has 2 aliphatic rings. The fraction of sp³-hybridized carbons (Fsp3) is 0.933. The SMILES string of the molecule is CCN(CC)CC1CCN(C(=O)[C@H]2NCCO[C@@H]2C)C1. The van der Waals surface area contributed by atoms with Crippen molar-refractivity contribution in [2.75, 3.05) is 45.9 Å². The van der Waals surface area contributed by atoms with E-state index in [0.717, 1.165) is 45.7 Å². The van der Waals surface area contributed by atoms with E-state index in [1.165, 1.54) is 0 Å². The van der Waals surface area contributed by atoms with Gasteiger partial charge in [-0.2, -0.15) is 0 Å². The molecule has 2 heterocycles. The fourth-order valence-corrected chi connectivity index (χ4v) is 3.24. The summed E-state index contributed by atoms with van der Waals surface area (Å²) in [6, 6.07) is -0.157. The molecule has 5 heteroatoms. The third kappa shape index (κ3) is 3.71. The number of hydrogen-bond acceptors (Lipinski definition) is 4. The van der Waals surface area contributed by atoms with E-state index in [9.17, 15) is 4.79 Å². The molecule has 2 rings (SSSR count). The molecule has 1 N–H and O–H groups in total. The van der Waals surface area contributed by atoms with E-state index in [0.29, 0.717) is 12.5 Å². The summed E-state index contributed by atoms with van der Waals surface area (Å²) < 4.78 is 5.58. The van der Waals surface area contributed by atoms with Crippen molar-refractivity contribution in [3.8, 4) is 0 Å². The molecule has 0 bridgehead atoms. The Balaban J connectivity index is 1.84. The Morgan fingerprint density at radius 1 is 1.40 bits per heavy atom. The van der Waals surface area contributed by atoms with Crippen molar-refractivity contribution in [3.05, 3.63) is 0 Å². The lowest BCUT2D eigenvalue weighted by molar-refractivity contribution is -0.138. The minimum Gasteiger partial charge on any atom is -0.375 e. The Morgan fingerprint density at radius 3 is 2.80 bits per heavy atom. The third-order valence-electron chi connectivity index (χ3n) is 4.59. The second-order valence-corrected chi connectivity index (χ2v) is 5.93. The largest absolute Gasteiger partial charge is 0.375 e. The topological polar surface area (TPSA) is 44.8 Å². The number of nitrogens with zero attached hydrogens (tertiary/aromatic N) is 2. The van der Waals surface area contributed by atoms with E-state index >= 15 is 0 Å². The normalized spacial score (nSPS) is 31.0. The molecule has 5 nitrogen and oxygen atoms in total. The van der Waals surface area contributed by atoms with Crippen molar-refractivity contribution < 1.29 is 9.53 Å². The number of likely N-dealkylation sites (tertiary alicyclic amines) is 1. The molecular formula is C15H29N3O2. The number of ether oxygens (including phenoxy) is 1. The summed E-state index contributed by atoms with van der Waals surface area (Å²) in [5.41, 5.74) is 0. The molecule has 2 saturated heterocycles. The highest BCUT2D eigenvalue weighted by Gasteiger charge is 2.35. The molecule has 0 aromatic rings. The number of hydrogen-bond donors (Lipinski definition) is 1. The van der Waals surface area contributed by atoms with E-state index in [1.807, 2.05) is 11.8 Å². The highest BCUT2D eigenvalue weighted by Crippen LogP contribution is 2.19. The van der Waals surface area contributed by atoms with Gasteiger partial charge in [0.2, 0.25) is 5.91 Å². The minimum absolute atomic E-state index is 0.0157. The Hall–Kier alpha value is -0.650. The van der Waals surface area contributed by atoms with Crippen molar-refractivity contribution in [3.63, 3.8) is 0 Å². The van der Waals surface area contributed by atoms with E-state index in [2.05, 4.69) is 24.1 Å². The van der Waals surface area contributed by atoms with E-state index in [-0.39, 0.29) is 18.1 Å². The molecule has 0 saturated carbocycles. The minimum atomic E-state index is -0.157. The summed E-state index contributed by atoms with van der Waals surface area (Å²) in [5.74, 6) is 0.845. The fourth-order valence-electron chi connectivity index (χ4n) is 3.24. The molecule has 0 spiro atoms. The van der Waals surface area contributed by atoms with Gasteiger partial charge >= 0.3 is 0 Å². The van der Waals surface area contributed by atoms with Crippen LogP contribution in [0.5, 0.6) is 0 Å². The number of rotatable bonds is 5. The Kier molecular flexibility index (Phi) is 5.81. The zero-order chi connectivity index (χ0) is 14.5. The van der Waals surface area contributed by atoms with Gasteiger partial charge in [-0.05, 0) is 32.4 Å². The van der Waals surface area contributed by atoms with Gasteiger partial charge in [-0.3, -0.25) is 4.79 Å². The molecule has 1 amide bonds. The van der Waals surface area contributed by atoms with Gasteiger partial charge in [-0.25, -0.2) is 0 Å². The van der Waals surface area contributed by atoms with Crippen molar-refractivity contribution in [2.24, 2.45) is 5.92 Å². The molecule has 0 aromatic heterocycles. The lowest BCUT2D eigenvalue weighted by Crippen LogP contribution is -2.56. The van der Waals surface area contributed by atoms with Crippen LogP contribution in [0.2, 0.25) is 0 Å². The first-order valence-corrected chi connectivity index (χ1v) is 8.01. The van der Waals surface area contributed by atoms with Gasteiger partial charge in [-0.1, -0.05) is 13.8 Å². The first-order chi connectivity index (χ1) is 9.65. The van der Waals surface area contributed by atoms with Crippen LogP contribution in [0.15, 0.2) is 0 Å². The summed E-state index contributed by atoms with van der Waals surface area (Å²) in [7, 11) is 0. The lowest BCUT2D eigenvalue weighted by atomic mass is 10.1. The van der Waals surface area contributed by atoms with E-state index in [1.54, 1.807) is 0 Å². The van der Waals surface area contributed by atoms with Crippen LogP contribution < -0.4 is 5.32 Å². The maximum Gasteiger partial charge on any atom is 0.242 e.